The van der Waals surface area contributed by atoms with E-state index in [4.69, 9.17) is 0 Å². The summed E-state index contributed by atoms with van der Waals surface area (Å²) in [5.41, 5.74) is 1.60. The van der Waals surface area contributed by atoms with E-state index in [-0.39, 0.29) is 34.7 Å². The van der Waals surface area contributed by atoms with Crippen LogP contribution in [0.5, 0.6) is 0 Å². The van der Waals surface area contributed by atoms with Gasteiger partial charge in [0.05, 0.1) is 12.2 Å². The molecular formula is C31H45NO4. The molecule has 5 heteroatoms. The minimum absolute atomic E-state index is 0.0141. The maximum absolute atomic E-state index is 12.6. The van der Waals surface area contributed by atoms with E-state index in [0.717, 1.165) is 50.6 Å². The van der Waals surface area contributed by atoms with Crippen LogP contribution in [0.4, 0.5) is 5.69 Å². The number of carbonyl (C=O) groups excluding carboxylic acids is 2. The molecule has 5 rings (SSSR count). The molecule has 3 N–H and O–H groups in total. The summed E-state index contributed by atoms with van der Waals surface area (Å²) < 4.78 is 0. The number of benzene rings is 1. The minimum atomic E-state index is -0.271. The van der Waals surface area contributed by atoms with Crippen molar-refractivity contribution in [2.24, 2.45) is 40.4 Å². The third-order valence-electron chi connectivity index (χ3n) is 11.5. The molecule has 4 fully saturated rings. The van der Waals surface area contributed by atoms with Crippen molar-refractivity contribution in [3.05, 3.63) is 29.8 Å². The Morgan fingerprint density at radius 2 is 1.72 bits per heavy atom. The van der Waals surface area contributed by atoms with E-state index in [0.29, 0.717) is 41.6 Å². The van der Waals surface area contributed by atoms with Crippen molar-refractivity contribution in [2.45, 2.75) is 104 Å². The van der Waals surface area contributed by atoms with Gasteiger partial charge >= 0.3 is 0 Å². The molecule has 4 aliphatic rings. The van der Waals surface area contributed by atoms with E-state index in [1.54, 1.807) is 24.3 Å². The highest BCUT2D eigenvalue weighted by Crippen LogP contribution is 2.67. The predicted octanol–water partition coefficient (Wildman–Crippen LogP) is 5.99. The Labute approximate surface area is 216 Å². The van der Waals surface area contributed by atoms with Crippen molar-refractivity contribution in [3.8, 4) is 0 Å². The molecule has 0 spiro atoms. The summed E-state index contributed by atoms with van der Waals surface area (Å²) in [6.07, 6.45) is 10.6. The summed E-state index contributed by atoms with van der Waals surface area (Å²) in [4.78, 5) is 24.0. The number of aliphatic hydroxyl groups is 2. The van der Waals surface area contributed by atoms with Gasteiger partial charge in [-0.2, -0.15) is 0 Å². The molecule has 1 aromatic rings. The third-order valence-corrected chi connectivity index (χ3v) is 11.5. The average Bonchev–Trinajstić information content (AvgIpc) is 3.18. The van der Waals surface area contributed by atoms with Crippen LogP contribution in [0, 0.1) is 40.4 Å². The molecule has 5 nitrogen and oxygen atoms in total. The fourth-order valence-electron chi connectivity index (χ4n) is 9.31. The first-order valence-electron chi connectivity index (χ1n) is 14.4. The summed E-state index contributed by atoms with van der Waals surface area (Å²) in [5, 5.41) is 24.9. The second-order valence-corrected chi connectivity index (χ2v) is 13.1. The van der Waals surface area contributed by atoms with Gasteiger partial charge in [0.1, 0.15) is 0 Å². The smallest absolute Gasteiger partial charge is 0.224 e. The lowest BCUT2D eigenvalue weighted by molar-refractivity contribution is -0.171. The summed E-state index contributed by atoms with van der Waals surface area (Å²) in [7, 11) is 0. The van der Waals surface area contributed by atoms with Crippen molar-refractivity contribution >= 4 is 17.4 Å². The molecule has 4 aliphatic carbocycles. The zero-order valence-corrected chi connectivity index (χ0v) is 22.3. The molecule has 0 aromatic heterocycles. The lowest BCUT2D eigenvalue weighted by atomic mass is 9.44. The van der Waals surface area contributed by atoms with Crippen molar-refractivity contribution in [3.63, 3.8) is 0 Å². The van der Waals surface area contributed by atoms with E-state index in [9.17, 15) is 19.8 Å². The van der Waals surface area contributed by atoms with Crippen LogP contribution in [0.25, 0.3) is 0 Å². The Morgan fingerprint density at radius 3 is 2.44 bits per heavy atom. The number of carbonyl (C=O) groups is 2. The number of Topliss-reactive ketones (excluding diaryl/α,β-unsaturated/α-hetero) is 1. The monoisotopic (exact) mass is 495 g/mol. The second-order valence-electron chi connectivity index (χ2n) is 13.1. The summed E-state index contributed by atoms with van der Waals surface area (Å²) in [5.74, 6) is 2.96. The number of amides is 1. The van der Waals surface area contributed by atoms with Crippen molar-refractivity contribution in [1.82, 2.24) is 0 Å². The van der Waals surface area contributed by atoms with E-state index in [2.05, 4.69) is 19.2 Å². The van der Waals surface area contributed by atoms with Crippen LogP contribution in [0.15, 0.2) is 24.3 Å². The van der Waals surface area contributed by atoms with E-state index in [1.807, 2.05) is 0 Å². The van der Waals surface area contributed by atoms with E-state index in [1.165, 1.54) is 26.2 Å². The molecule has 0 saturated heterocycles. The second kappa shape index (κ2) is 9.87. The molecule has 0 heterocycles. The molecule has 9 atom stereocenters. The molecule has 0 bridgehead atoms. The predicted molar refractivity (Wildman–Crippen MR) is 142 cm³/mol. The van der Waals surface area contributed by atoms with Crippen LogP contribution in [-0.2, 0) is 4.79 Å². The molecule has 4 unspecified atom stereocenters. The topological polar surface area (TPSA) is 86.6 Å². The van der Waals surface area contributed by atoms with Crippen LogP contribution in [0.1, 0.15) is 102 Å². The molecule has 1 aromatic carbocycles. The van der Waals surface area contributed by atoms with Gasteiger partial charge in [-0.05, 0) is 136 Å². The third kappa shape index (κ3) is 4.45. The maximum atomic E-state index is 12.6. The Balaban J connectivity index is 1.18. The Morgan fingerprint density at radius 1 is 0.972 bits per heavy atom. The SMILES string of the molecule is CC(=O)c1ccc(NC(=O)CCC[C@H]2CCC3C4CCC5C[C@H](O)CC[C@]5(C)C4C[C@H](O)[C@@]32C)cc1. The summed E-state index contributed by atoms with van der Waals surface area (Å²) >= 11 is 0. The van der Waals surface area contributed by atoms with Gasteiger partial charge in [0.15, 0.2) is 5.78 Å². The van der Waals surface area contributed by atoms with Gasteiger partial charge < -0.3 is 15.5 Å². The van der Waals surface area contributed by atoms with Gasteiger partial charge in [-0.1, -0.05) is 13.8 Å². The van der Waals surface area contributed by atoms with Crippen LogP contribution in [-0.4, -0.2) is 34.1 Å². The molecule has 4 saturated carbocycles. The largest absolute Gasteiger partial charge is 0.393 e. The molecule has 0 radical (unpaired) electrons. The van der Waals surface area contributed by atoms with Crippen molar-refractivity contribution in [2.75, 3.05) is 5.32 Å². The number of ketones is 1. The normalized spacial score (nSPS) is 41.6. The maximum Gasteiger partial charge on any atom is 0.224 e. The van der Waals surface area contributed by atoms with Gasteiger partial charge in [-0.25, -0.2) is 0 Å². The molecule has 198 valence electrons. The van der Waals surface area contributed by atoms with E-state index >= 15 is 0 Å². The minimum Gasteiger partial charge on any atom is -0.393 e. The number of aliphatic hydroxyl groups excluding tert-OH is 2. The Hall–Kier alpha value is -1.72. The molecule has 36 heavy (non-hydrogen) atoms. The number of hydrogen-bond donors (Lipinski definition) is 3. The first-order chi connectivity index (χ1) is 17.1. The summed E-state index contributed by atoms with van der Waals surface area (Å²) in [6.45, 7) is 6.36. The molecular weight excluding hydrogens is 450 g/mol. The van der Waals surface area contributed by atoms with Crippen molar-refractivity contribution in [1.29, 1.82) is 0 Å². The highest BCUT2D eigenvalue weighted by molar-refractivity contribution is 5.95. The van der Waals surface area contributed by atoms with Crippen LogP contribution in [0.3, 0.4) is 0 Å². The first kappa shape index (κ1) is 25.9. The quantitative estimate of drug-likeness (QED) is 0.423. The lowest BCUT2D eigenvalue weighted by Crippen LogP contribution is -2.58. The fourth-order valence-corrected chi connectivity index (χ4v) is 9.31. The average molecular weight is 496 g/mol. The van der Waals surface area contributed by atoms with Gasteiger partial charge in [0.2, 0.25) is 5.91 Å². The molecule has 1 amide bonds. The van der Waals surface area contributed by atoms with Gasteiger partial charge in [0.25, 0.3) is 0 Å². The first-order valence-corrected chi connectivity index (χ1v) is 14.4. The number of anilines is 1. The molecule has 0 aliphatic heterocycles. The highest BCUT2D eigenvalue weighted by Gasteiger charge is 2.62. The van der Waals surface area contributed by atoms with E-state index < -0.39 is 0 Å². The van der Waals surface area contributed by atoms with Crippen LogP contribution in [0.2, 0.25) is 0 Å². The fraction of sp³-hybridized carbons (Fsp3) is 0.742. The number of rotatable bonds is 6. The van der Waals surface area contributed by atoms with Gasteiger partial charge in [-0.3, -0.25) is 9.59 Å². The number of fused-ring (bicyclic) bond motifs is 5. The summed E-state index contributed by atoms with van der Waals surface area (Å²) in [6, 6.07) is 7.07. The Bertz CT molecular complexity index is 975. The van der Waals surface area contributed by atoms with Gasteiger partial charge in [-0.15, -0.1) is 0 Å². The van der Waals surface area contributed by atoms with Crippen LogP contribution >= 0.6 is 0 Å². The number of nitrogens with one attached hydrogen (secondary N) is 1. The zero-order chi connectivity index (χ0) is 25.7. The van der Waals surface area contributed by atoms with Gasteiger partial charge in [0, 0.05) is 17.7 Å². The van der Waals surface area contributed by atoms with Crippen LogP contribution < -0.4 is 5.32 Å². The standard InChI is InChI=1S/C31H45NO4/c1-19(33)20-7-11-23(12-8-20)32-29(36)6-4-5-21-10-14-26-25-13-9-22-17-24(34)15-16-30(22,2)27(25)18-28(35)31(21,26)3/h7-8,11-12,21-22,24-28,34-35H,4-6,9-10,13-18H2,1-3H3,(H,32,36)/t21-,22?,24+,25?,26?,27?,28-,30-,31+/m0/s1. The number of hydrogen-bond acceptors (Lipinski definition) is 4. The van der Waals surface area contributed by atoms with Crippen molar-refractivity contribution < 1.29 is 19.8 Å². The highest BCUT2D eigenvalue weighted by atomic mass is 16.3. The lowest BCUT2D eigenvalue weighted by Gasteiger charge is -2.62. The zero-order valence-electron chi connectivity index (χ0n) is 22.3. The Kier molecular flexibility index (Phi) is 7.10.